The standard InChI is InChI=1S/C21H29NO2/c1-3-20-11-9-17-16-8-6-15(22-24)13-14(16)5-7-18(17)19(20)10-12-21(20,23)4-2/h2,13,16-19,23-24H,3,5-12H2,1H3/b22-15+/t16-,17+,18+,19-,20+,21-/m0/s1. The van der Waals surface area contributed by atoms with E-state index in [0.29, 0.717) is 17.8 Å². The summed E-state index contributed by atoms with van der Waals surface area (Å²) in [6.07, 6.45) is 17.4. The Bertz CT molecular complexity index is 630. The summed E-state index contributed by atoms with van der Waals surface area (Å²) in [6.45, 7) is 2.22. The third kappa shape index (κ3) is 1.99. The second kappa shape index (κ2) is 5.63. The lowest BCUT2D eigenvalue weighted by molar-refractivity contribution is -0.0989. The molecule has 3 fully saturated rings. The summed E-state index contributed by atoms with van der Waals surface area (Å²) in [5.74, 6) is 5.47. The van der Waals surface area contributed by atoms with E-state index in [1.54, 1.807) is 0 Å². The Balaban J connectivity index is 1.65. The average molecular weight is 327 g/mol. The first-order valence-corrected chi connectivity index (χ1v) is 9.70. The number of fused-ring (bicyclic) bond motifs is 5. The lowest BCUT2D eigenvalue weighted by Crippen LogP contribution is -2.53. The van der Waals surface area contributed by atoms with Gasteiger partial charge in [-0.05, 0) is 87.5 Å². The van der Waals surface area contributed by atoms with Crippen molar-refractivity contribution in [3.8, 4) is 12.3 Å². The zero-order chi connectivity index (χ0) is 16.9. The first kappa shape index (κ1) is 16.2. The summed E-state index contributed by atoms with van der Waals surface area (Å²) in [5, 5.41) is 23.7. The number of nitrogens with zero attached hydrogens (tertiary/aromatic N) is 1. The van der Waals surface area contributed by atoms with Crippen LogP contribution >= 0.6 is 0 Å². The van der Waals surface area contributed by atoms with Crippen molar-refractivity contribution in [1.29, 1.82) is 0 Å². The maximum absolute atomic E-state index is 11.1. The predicted octanol–water partition coefficient (Wildman–Crippen LogP) is 4.14. The number of hydrogen-bond acceptors (Lipinski definition) is 3. The Hall–Kier alpha value is -1.27. The molecule has 3 nitrogen and oxygen atoms in total. The predicted molar refractivity (Wildman–Crippen MR) is 94.7 cm³/mol. The maximum Gasteiger partial charge on any atom is 0.131 e. The molecule has 0 amide bonds. The van der Waals surface area contributed by atoms with Gasteiger partial charge in [-0.15, -0.1) is 6.42 Å². The van der Waals surface area contributed by atoms with Crippen LogP contribution in [0.4, 0.5) is 0 Å². The molecule has 0 unspecified atom stereocenters. The van der Waals surface area contributed by atoms with Gasteiger partial charge in [-0.25, -0.2) is 0 Å². The van der Waals surface area contributed by atoms with Crippen molar-refractivity contribution in [1.82, 2.24) is 0 Å². The largest absolute Gasteiger partial charge is 0.411 e. The Morgan fingerprint density at radius 2 is 2.04 bits per heavy atom. The molecule has 3 heteroatoms. The molecule has 4 aliphatic rings. The van der Waals surface area contributed by atoms with Gasteiger partial charge in [0.2, 0.25) is 0 Å². The van der Waals surface area contributed by atoms with Gasteiger partial charge in [-0.2, -0.15) is 0 Å². The minimum Gasteiger partial charge on any atom is -0.411 e. The van der Waals surface area contributed by atoms with E-state index in [9.17, 15) is 5.11 Å². The molecule has 4 rings (SSSR count). The van der Waals surface area contributed by atoms with Crippen molar-refractivity contribution in [3.63, 3.8) is 0 Å². The monoisotopic (exact) mass is 327 g/mol. The van der Waals surface area contributed by atoms with E-state index in [-0.39, 0.29) is 5.41 Å². The van der Waals surface area contributed by atoms with Gasteiger partial charge in [0.25, 0.3) is 0 Å². The number of rotatable bonds is 1. The zero-order valence-corrected chi connectivity index (χ0v) is 14.7. The van der Waals surface area contributed by atoms with Gasteiger partial charge < -0.3 is 10.3 Å². The second-order valence-corrected chi connectivity index (χ2v) is 8.52. The van der Waals surface area contributed by atoms with Crippen LogP contribution in [0.25, 0.3) is 0 Å². The molecule has 0 aromatic rings. The van der Waals surface area contributed by atoms with Crippen LogP contribution in [0.3, 0.4) is 0 Å². The van der Waals surface area contributed by atoms with E-state index in [1.165, 1.54) is 18.4 Å². The summed E-state index contributed by atoms with van der Waals surface area (Å²) in [7, 11) is 0. The summed E-state index contributed by atoms with van der Waals surface area (Å²) in [6, 6.07) is 0. The number of terminal acetylenes is 1. The molecule has 0 saturated heterocycles. The first-order chi connectivity index (χ1) is 11.6. The Morgan fingerprint density at radius 3 is 2.75 bits per heavy atom. The third-order valence-corrected chi connectivity index (χ3v) is 8.16. The fraction of sp³-hybridized carbons (Fsp3) is 0.762. The molecule has 130 valence electrons. The highest BCUT2D eigenvalue weighted by molar-refractivity contribution is 5.96. The van der Waals surface area contributed by atoms with Crippen molar-refractivity contribution in [3.05, 3.63) is 11.6 Å². The van der Waals surface area contributed by atoms with E-state index < -0.39 is 5.60 Å². The molecule has 0 heterocycles. The Kier molecular flexibility index (Phi) is 3.80. The fourth-order valence-corrected chi connectivity index (χ4v) is 7.05. The van der Waals surface area contributed by atoms with Gasteiger partial charge in [0.05, 0.1) is 5.71 Å². The highest BCUT2D eigenvalue weighted by atomic mass is 16.4. The molecule has 2 N–H and O–H groups in total. The SMILES string of the molecule is C#C[C@]1(O)CC[C@H]2[C@@H]3CCC4=C/C(=N/O)CC[C@@H]4[C@H]3CC[C@]21CC. The van der Waals surface area contributed by atoms with Gasteiger partial charge in [-0.1, -0.05) is 23.6 Å². The van der Waals surface area contributed by atoms with E-state index in [1.807, 2.05) is 0 Å². The highest BCUT2D eigenvalue weighted by Gasteiger charge is 2.63. The normalized spacial score (nSPS) is 48.9. The average Bonchev–Trinajstić information content (AvgIpc) is 2.94. The summed E-state index contributed by atoms with van der Waals surface area (Å²) < 4.78 is 0. The third-order valence-electron chi connectivity index (χ3n) is 8.16. The van der Waals surface area contributed by atoms with Crippen molar-refractivity contribution in [2.24, 2.45) is 34.2 Å². The lowest BCUT2D eigenvalue weighted by Gasteiger charge is -2.56. The number of hydrogen-bond donors (Lipinski definition) is 2. The smallest absolute Gasteiger partial charge is 0.131 e. The van der Waals surface area contributed by atoms with E-state index in [4.69, 9.17) is 11.6 Å². The second-order valence-electron chi connectivity index (χ2n) is 8.52. The molecule has 0 aliphatic heterocycles. The molecule has 0 aromatic heterocycles. The minimum absolute atomic E-state index is 0.0590. The van der Waals surface area contributed by atoms with Crippen molar-refractivity contribution in [2.45, 2.75) is 70.3 Å². The highest BCUT2D eigenvalue weighted by Crippen LogP contribution is 2.66. The van der Waals surface area contributed by atoms with Crippen LogP contribution in [0, 0.1) is 41.4 Å². The number of aliphatic hydroxyl groups is 1. The number of oxime groups is 1. The van der Waals surface area contributed by atoms with E-state index in [0.717, 1.165) is 56.6 Å². The molecule has 4 aliphatic carbocycles. The van der Waals surface area contributed by atoms with Gasteiger partial charge in [0.1, 0.15) is 5.60 Å². The molecular weight excluding hydrogens is 298 g/mol. The molecule has 0 spiro atoms. The van der Waals surface area contributed by atoms with Crippen molar-refractivity contribution in [2.75, 3.05) is 0 Å². The van der Waals surface area contributed by atoms with Gasteiger partial charge in [0.15, 0.2) is 0 Å². The van der Waals surface area contributed by atoms with Crippen molar-refractivity contribution < 1.29 is 10.3 Å². The first-order valence-electron chi connectivity index (χ1n) is 9.70. The van der Waals surface area contributed by atoms with Gasteiger partial charge in [0, 0.05) is 5.41 Å². The zero-order valence-electron chi connectivity index (χ0n) is 14.7. The molecule has 0 aromatic carbocycles. The molecule has 0 radical (unpaired) electrons. The van der Waals surface area contributed by atoms with Gasteiger partial charge in [-0.3, -0.25) is 0 Å². The summed E-state index contributed by atoms with van der Waals surface area (Å²) >= 11 is 0. The van der Waals surface area contributed by atoms with E-state index >= 15 is 0 Å². The van der Waals surface area contributed by atoms with Crippen LogP contribution in [-0.4, -0.2) is 21.6 Å². The Labute approximate surface area is 145 Å². The van der Waals surface area contributed by atoms with E-state index in [2.05, 4.69) is 24.1 Å². The lowest BCUT2D eigenvalue weighted by atomic mass is 9.49. The Morgan fingerprint density at radius 1 is 1.21 bits per heavy atom. The molecule has 3 saturated carbocycles. The van der Waals surface area contributed by atoms with Crippen LogP contribution < -0.4 is 0 Å². The van der Waals surface area contributed by atoms with Crippen LogP contribution in [-0.2, 0) is 0 Å². The molecular formula is C21H29NO2. The van der Waals surface area contributed by atoms with Crippen molar-refractivity contribution >= 4 is 5.71 Å². The topological polar surface area (TPSA) is 52.8 Å². The molecule has 24 heavy (non-hydrogen) atoms. The number of allylic oxidation sites excluding steroid dienone is 2. The fourth-order valence-electron chi connectivity index (χ4n) is 7.05. The van der Waals surface area contributed by atoms with Crippen LogP contribution in [0.15, 0.2) is 16.8 Å². The van der Waals surface area contributed by atoms with Crippen LogP contribution in [0.2, 0.25) is 0 Å². The maximum atomic E-state index is 11.1. The van der Waals surface area contributed by atoms with Gasteiger partial charge >= 0.3 is 0 Å². The van der Waals surface area contributed by atoms with Crippen LogP contribution in [0.5, 0.6) is 0 Å². The summed E-state index contributed by atoms with van der Waals surface area (Å²) in [4.78, 5) is 0. The quantitative estimate of drug-likeness (QED) is 0.432. The summed E-state index contributed by atoms with van der Waals surface area (Å²) in [5.41, 5.74) is 1.40. The van der Waals surface area contributed by atoms with Crippen LogP contribution in [0.1, 0.15) is 64.7 Å². The minimum atomic E-state index is -0.892. The molecule has 0 bridgehead atoms. The molecule has 6 atom stereocenters.